The minimum atomic E-state index is -0.389. The predicted octanol–water partition coefficient (Wildman–Crippen LogP) is 1.66. The third-order valence-electron chi connectivity index (χ3n) is 2.50. The minimum absolute atomic E-state index is 0.334. The third-order valence-corrected chi connectivity index (χ3v) is 2.50. The van der Waals surface area contributed by atoms with Crippen LogP contribution in [-0.2, 0) is 13.1 Å². The first-order valence-electron chi connectivity index (χ1n) is 5.56. The van der Waals surface area contributed by atoms with Gasteiger partial charge in [0.1, 0.15) is 5.82 Å². The molecule has 0 saturated carbocycles. The van der Waals surface area contributed by atoms with Crippen LogP contribution < -0.4 is 5.32 Å². The summed E-state index contributed by atoms with van der Waals surface area (Å²) in [6, 6.07) is 6.28. The average Bonchev–Trinajstić information content (AvgIpc) is 2.76. The highest BCUT2D eigenvalue weighted by molar-refractivity contribution is 5.33. The monoisotopic (exact) mass is 244 g/mol. The van der Waals surface area contributed by atoms with Gasteiger partial charge < -0.3 is 9.88 Å². The summed E-state index contributed by atoms with van der Waals surface area (Å²) in [5.74, 6) is -0.389. The molecule has 0 aliphatic carbocycles. The van der Waals surface area contributed by atoms with Crippen LogP contribution in [0, 0.1) is 17.1 Å². The van der Waals surface area contributed by atoms with Crippen molar-refractivity contribution in [1.29, 1.82) is 5.26 Å². The molecule has 0 radical (unpaired) electrons. The highest BCUT2D eigenvalue weighted by Crippen LogP contribution is 2.10. The molecule has 0 aliphatic rings. The van der Waals surface area contributed by atoms with Gasteiger partial charge in [0, 0.05) is 19.3 Å². The molecule has 1 aromatic carbocycles. The van der Waals surface area contributed by atoms with Crippen LogP contribution in [0.3, 0.4) is 0 Å². The second-order valence-electron chi connectivity index (χ2n) is 4.03. The fourth-order valence-electron chi connectivity index (χ4n) is 1.78. The van der Waals surface area contributed by atoms with Crippen LogP contribution >= 0.6 is 0 Å². The molecule has 0 saturated heterocycles. The van der Waals surface area contributed by atoms with E-state index < -0.39 is 0 Å². The molecule has 1 heterocycles. The van der Waals surface area contributed by atoms with Crippen molar-refractivity contribution in [1.82, 2.24) is 14.9 Å². The zero-order valence-corrected chi connectivity index (χ0v) is 10.0. The lowest BCUT2D eigenvalue weighted by atomic mass is 10.1. The van der Waals surface area contributed by atoms with Crippen LogP contribution in [0.1, 0.15) is 16.8 Å². The molecule has 2 aromatic rings. The Morgan fingerprint density at radius 2 is 2.28 bits per heavy atom. The number of nitrogens with one attached hydrogen (secondary N) is 1. The SMILES string of the molecule is CNCc1cn(Cc2cc(F)cc(C#N)c2)cn1. The van der Waals surface area contributed by atoms with E-state index in [2.05, 4.69) is 10.3 Å². The van der Waals surface area contributed by atoms with Crippen molar-refractivity contribution in [2.45, 2.75) is 13.1 Å². The molecule has 0 atom stereocenters. The third kappa shape index (κ3) is 2.93. The summed E-state index contributed by atoms with van der Waals surface area (Å²) in [4.78, 5) is 4.21. The fourth-order valence-corrected chi connectivity index (χ4v) is 1.78. The van der Waals surface area contributed by atoms with Gasteiger partial charge in [-0.05, 0) is 30.8 Å². The van der Waals surface area contributed by atoms with Gasteiger partial charge in [-0.25, -0.2) is 9.37 Å². The summed E-state index contributed by atoms with van der Waals surface area (Å²) in [6.45, 7) is 1.20. The van der Waals surface area contributed by atoms with Gasteiger partial charge in [0.2, 0.25) is 0 Å². The first kappa shape index (κ1) is 12.3. The highest BCUT2D eigenvalue weighted by atomic mass is 19.1. The highest BCUT2D eigenvalue weighted by Gasteiger charge is 2.03. The second kappa shape index (κ2) is 5.43. The van der Waals surface area contributed by atoms with E-state index in [0.717, 1.165) is 11.3 Å². The maximum Gasteiger partial charge on any atom is 0.124 e. The predicted molar refractivity (Wildman–Crippen MR) is 65.2 cm³/mol. The van der Waals surface area contributed by atoms with Crippen LogP contribution in [0.4, 0.5) is 4.39 Å². The molecule has 0 fully saturated rings. The summed E-state index contributed by atoms with van der Waals surface area (Å²) in [6.07, 6.45) is 3.59. The Balaban J connectivity index is 2.17. The number of rotatable bonds is 4. The van der Waals surface area contributed by atoms with E-state index in [1.807, 2.05) is 23.9 Å². The Labute approximate surface area is 105 Å². The standard InChI is InChI=1S/C13H13FN4/c1-16-6-13-8-18(9-17-13)7-11-2-10(5-15)3-12(14)4-11/h2-4,8-9,16H,6-7H2,1H3. The topological polar surface area (TPSA) is 53.6 Å². The summed E-state index contributed by atoms with van der Waals surface area (Å²) in [5, 5.41) is 11.8. The number of hydrogen-bond acceptors (Lipinski definition) is 3. The Morgan fingerprint density at radius 3 is 3.00 bits per heavy atom. The van der Waals surface area contributed by atoms with Gasteiger partial charge >= 0.3 is 0 Å². The molecule has 2 rings (SSSR count). The maximum absolute atomic E-state index is 13.3. The molecule has 5 heteroatoms. The quantitative estimate of drug-likeness (QED) is 0.890. The van der Waals surface area contributed by atoms with Gasteiger partial charge in [-0.15, -0.1) is 0 Å². The van der Waals surface area contributed by atoms with Crippen molar-refractivity contribution in [3.63, 3.8) is 0 Å². The molecule has 92 valence electrons. The minimum Gasteiger partial charge on any atom is -0.333 e. The number of nitriles is 1. The van der Waals surface area contributed by atoms with Gasteiger partial charge in [0.15, 0.2) is 0 Å². The van der Waals surface area contributed by atoms with E-state index in [1.165, 1.54) is 12.1 Å². The molecule has 18 heavy (non-hydrogen) atoms. The second-order valence-corrected chi connectivity index (χ2v) is 4.03. The number of aromatic nitrogens is 2. The van der Waals surface area contributed by atoms with Gasteiger partial charge in [0.05, 0.1) is 23.7 Å². The van der Waals surface area contributed by atoms with Crippen LogP contribution in [0.2, 0.25) is 0 Å². The normalized spacial score (nSPS) is 10.3. The molecule has 0 aliphatic heterocycles. The van der Waals surface area contributed by atoms with E-state index in [0.29, 0.717) is 18.7 Å². The van der Waals surface area contributed by atoms with Crippen LogP contribution in [0.5, 0.6) is 0 Å². The average molecular weight is 244 g/mol. The van der Waals surface area contributed by atoms with Gasteiger partial charge in [-0.2, -0.15) is 5.26 Å². The number of imidazole rings is 1. The van der Waals surface area contributed by atoms with Crippen molar-refractivity contribution in [3.8, 4) is 6.07 Å². The molecule has 0 bridgehead atoms. The lowest BCUT2D eigenvalue weighted by Crippen LogP contribution is -2.05. The van der Waals surface area contributed by atoms with E-state index in [4.69, 9.17) is 5.26 Å². The molecule has 0 spiro atoms. The molecule has 1 aromatic heterocycles. The van der Waals surface area contributed by atoms with E-state index >= 15 is 0 Å². The number of nitrogens with zero attached hydrogens (tertiary/aromatic N) is 3. The van der Waals surface area contributed by atoms with E-state index in [9.17, 15) is 4.39 Å². The number of benzene rings is 1. The molecule has 0 amide bonds. The lowest BCUT2D eigenvalue weighted by Gasteiger charge is -2.03. The first-order chi connectivity index (χ1) is 8.71. The van der Waals surface area contributed by atoms with Gasteiger partial charge in [-0.3, -0.25) is 0 Å². The summed E-state index contributed by atoms with van der Waals surface area (Å²) in [5.41, 5.74) is 2.01. The summed E-state index contributed by atoms with van der Waals surface area (Å²) >= 11 is 0. The smallest absolute Gasteiger partial charge is 0.124 e. The Hall–Kier alpha value is -2.19. The maximum atomic E-state index is 13.3. The number of halogens is 1. The molecular formula is C13H13FN4. The van der Waals surface area contributed by atoms with Crippen molar-refractivity contribution >= 4 is 0 Å². The number of hydrogen-bond donors (Lipinski definition) is 1. The van der Waals surface area contributed by atoms with Crippen molar-refractivity contribution in [2.24, 2.45) is 0 Å². The fraction of sp³-hybridized carbons (Fsp3) is 0.231. The van der Waals surface area contributed by atoms with E-state index in [-0.39, 0.29) is 5.82 Å². The van der Waals surface area contributed by atoms with Crippen LogP contribution in [-0.4, -0.2) is 16.6 Å². The molecule has 4 nitrogen and oxygen atoms in total. The first-order valence-corrected chi connectivity index (χ1v) is 5.56. The molecule has 1 N–H and O–H groups in total. The summed E-state index contributed by atoms with van der Waals surface area (Å²) in [7, 11) is 1.85. The summed E-state index contributed by atoms with van der Waals surface area (Å²) < 4.78 is 15.1. The van der Waals surface area contributed by atoms with Crippen LogP contribution in [0.25, 0.3) is 0 Å². The van der Waals surface area contributed by atoms with Crippen molar-refractivity contribution in [2.75, 3.05) is 7.05 Å². The molecule has 0 unspecified atom stereocenters. The largest absolute Gasteiger partial charge is 0.333 e. The van der Waals surface area contributed by atoms with Crippen LogP contribution in [0.15, 0.2) is 30.7 Å². The zero-order valence-electron chi connectivity index (χ0n) is 10.0. The zero-order chi connectivity index (χ0) is 13.0. The Morgan fingerprint density at radius 1 is 1.44 bits per heavy atom. The Kier molecular flexibility index (Phi) is 3.70. The van der Waals surface area contributed by atoms with Crippen molar-refractivity contribution < 1.29 is 4.39 Å². The van der Waals surface area contributed by atoms with Gasteiger partial charge in [-0.1, -0.05) is 0 Å². The lowest BCUT2D eigenvalue weighted by molar-refractivity contribution is 0.623. The van der Waals surface area contributed by atoms with E-state index in [1.54, 1.807) is 12.4 Å². The molecular weight excluding hydrogens is 231 g/mol. The Bertz CT molecular complexity index is 583. The van der Waals surface area contributed by atoms with Crippen molar-refractivity contribution in [3.05, 3.63) is 53.4 Å². The van der Waals surface area contributed by atoms with Gasteiger partial charge in [0.25, 0.3) is 0 Å².